The summed E-state index contributed by atoms with van der Waals surface area (Å²) >= 11 is 0. The van der Waals surface area contributed by atoms with Crippen molar-refractivity contribution in [3.05, 3.63) is 18.3 Å². The van der Waals surface area contributed by atoms with Crippen molar-refractivity contribution >= 4 is 22.8 Å². The van der Waals surface area contributed by atoms with Crippen LogP contribution < -0.4 is 5.73 Å². The number of anilines is 1. The van der Waals surface area contributed by atoms with Gasteiger partial charge in [-0.1, -0.05) is 13.8 Å². The van der Waals surface area contributed by atoms with Crippen LogP contribution in [0, 0.1) is 11.7 Å². The fourth-order valence-corrected chi connectivity index (χ4v) is 2.64. The van der Waals surface area contributed by atoms with Gasteiger partial charge < -0.3 is 19.8 Å². The molecule has 0 aromatic carbocycles. The Hall–Kier alpha value is -2.22. The topological polar surface area (TPSA) is 92.3 Å². The van der Waals surface area contributed by atoms with Gasteiger partial charge in [0.1, 0.15) is 25.0 Å². The Kier molecular flexibility index (Phi) is 4.16. The second-order valence-electron chi connectivity index (χ2n) is 5.92. The monoisotopic (exact) mass is 322 g/mol. The molecule has 1 saturated heterocycles. The molecule has 2 N–H and O–H groups in total. The van der Waals surface area contributed by atoms with Crippen LogP contribution in [0.25, 0.3) is 11.0 Å². The van der Waals surface area contributed by atoms with Crippen LogP contribution in [0.4, 0.5) is 10.2 Å². The Balaban J connectivity index is 1.72. The molecule has 3 heterocycles. The molecule has 2 unspecified atom stereocenters. The predicted octanol–water partition coefficient (Wildman–Crippen LogP) is 2.03. The average molecular weight is 322 g/mol. The standard InChI is InChI=1S/C15H19FN4O3/c1-8(2)15(21)22-6-9-3-4-11(23-9)20-5-10(16)12-13(17)18-7-19-14(12)20/h5,7-9,11H,3-4,6H2,1-2H3,(H2,17,18,19). The number of esters is 1. The number of nitrogen functional groups attached to an aromatic ring is 1. The molecule has 8 heteroatoms. The van der Waals surface area contributed by atoms with Gasteiger partial charge in [0, 0.05) is 6.20 Å². The number of nitrogens with two attached hydrogens (primary N) is 1. The summed E-state index contributed by atoms with van der Waals surface area (Å²) in [5, 5.41) is 0.200. The lowest BCUT2D eigenvalue weighted by molar-refractivity contribution is -0.152. The number of carbonyl (C=O) groups is 1. The van der Waals surface area contributed by atoms with E-state index in [9.17, 15) is 9.18 Å². The normalized spacial score (nSPS) is 21.2. The number of halogens is 1. The number of nitrogens with zero attached hydrogens (tertiary/aromatic N) is 3. The number of fused-ring (bicyclic) bond motifs is 1. The summed E-state index contributed by atoms with van der Waals surface area (Å²) in [5.41, 5.74) is 6.11. The Labute approximate surface area is 132 Å². The number of ether oxygens (including phenoxy) is 2. The number of rotatable bonds is 4. The minimum atomic E-state index is -0.476. The first-order valence-electron chi connectivity index (χ1n) is 7.56. The van der Waals surface area contributed by atoms with E-state index < -0.39 is 5.82 Å². The summed E-state index contributed by atoms with van der Waals surface area (Å²) in [4.78, 5) is 19.4. The summed E-state index contributed by atoms with van der Waals surface area (Å²) < 4.78 is 26.7. The van der Waals surface area contributed by atoms with Gasteiger partial charge in [-0.2, -0.15) is 0 Å². The van der Waals surface area contributed by atoms with Crippen LogP contribution in [-0.2, 0) is 14.3 Å². The first-order valence-corrected chi connectivity index (χ1v) is 7.56. The lowest BCUT2D eigenvalue weighted by atomic mass is 10.2. The molecule has 2 atom stereocenters. The summed E-state index contributed by atoms with van der Waals surface area (Å²) in [7, 11) is 0. The molecule has 0 spiro atoms. The molecule has 2 aromatic rings. The second-order valence-corrected chi connectivity index (χ2v) is 5.92. The van der Waals surface area contributed by atoms with Crippen LogP contribution in [-0.4, -0.2) is 33.2 Å². The molecule has 124 valence electrons. The highest BCUT2D eigenvalue weighted by Crippen LogP contribution is 2.33. The SMILES string of the molecule is CC(C)C(=O)OCC1CCC(n2cc(F)c3c(N)ncnc32)O1. The highest BCUT2D eigenvalue weighted by molar-refractivity contribution is 5.86. The molecule has 0 saturated carbocycles. The van der Waals surface area contributed by atoms with Gasteiger partial charge in [-0.05, 0) is 12.8 Å². The molecule has 1 aliphatic heterocycles. The van der Waals surface area contributed by atoms with Gasteiger partial charge in [-0.15, -0.1) is 0 Å². The van der Waals surface area contributed by atoms with Gasteiger partial charge >= 0.3 is 5.97 Å². The van der Waals surface area contributed by atoms with Crippen molar-refractivity contribution in [1.29, 1.82) is 0 Å². The number of carbonyl (C=O) groups excluding carboxylic acids is 1. The quantitative estimate of drug-likeness (QED) is 0.866. The molecule has 7 nitrogen and oxygen atoms in total. The fourth-order valence-electron chi connectivity index (χ4n) is 2.64. The third-order valence-electron chi connectivity index (χ3n) is 3.87. The molecular weight excluding hydrogens is 303 g/mol. The third kappa shape index (κ3) is 2.98. The number of aromatic nitrogens is 3. The van der Waals surface area contributed by atoms with E-state index in [0.29, 0.717) is 12.1 Å². The average Bonchev–Trinajstić information content (AvgIpc) is 3.10. The van der Waals surface area contributed by atoms with Gasteiger partial charge in [0.2, 0.25) is 0 Å². The van der Waals surface area contributed by atoms with Crippen LogP contribution in [0.5, 0.6) is 0 Å². The second kappa shape index (κ2) is 6.11. The van der Waals surface area contributed by atoms with E-state index in [2.05, 4.69) is 9.97 Å². The first-order chi connectivity index (χ1) is 11.0. The van der Waals surface area contributed by atoms with E-state index in [1.807, 2.05) is 0 Å². The van der Waals surface area contributed by atoms with Crippen LogP contribution in [0.15, 0.2) is 12.5 Å². The molecule has 2 aromatic heterocycles. The summed E-state index contributed by atoms with van der Waals surface area (Å²) in [6.45, 7) is 3.76. The summed E-state index contributed by atoms with van der Waals surface area (Å²) in [6.07, 6.45) is 3.45. The van der Waals surface area contributed by atoms with Crippen molar-refractivity contribution in [2.24, 2.45) is 5.92 Å². The van der Waals surface area contributed by atoms with Gasteiger partial charge in [0.25, 0.3) is 0 Å². The minimum absolute atomic E-state index is 0.103. The smallest absolute Gasteiger partial charge is 0.308 e. The predicted molar refractivity (Wildman–Crippen MR) is 80.8 cm³/mol. The Bertz CT molecular complexity index is 731. The van der Waals surface area contributed by atoms with Crippen LogP contribution in [0.3, 0.4) is 0 Å². The first kappa shape index (κ1) is 15.7. The largest absolute Gasteiger partial charge is 0.463 e. The maximum absolute atomic E-state index is 14.1. The minimum Gasteiger partial charge on any atom is -0.463 e. The van der Waals surface area contributed by atoms with Gasteiger partial charge in [0.05, 0.1) is 17.4 Å². The highest BCUT2D eigenvalue weighted by atomic mass is 19.1. The molecule has 1 aliphatic rings. The molecule has 0 amide bonds. The van der Waals surface area contributed by atoms with Crippen molar-refractivity contribution in [3.63, 3.8) is 0 Å². The van der Waals surface area contributed by atoms with Crippen molar-refractivity contribution in [2.75, 3.05) is 12.3 Å². The Morgan fingerprint density at radius 3 is 3.04 bits per heavy atom. The molecular formula is C15H19FN4O3. The summed E-state index contributed by atoms with van der Waals surface area (Å²) in [6, 6.07) is 0. The van der Waals surface area contributed by atoms with Gasteiger partial charge in [-0.25, -0.2) is 14.4 Å². The van der Waals surface area contributed by atoms with Crippen molar-refractivity contribution in [1.82, 2.24) is 14.5 Å². The van der Waals surface area contributed by atoms with Crippen molar-refractivity contribution < 1.29 is 18.7 Å². The zero-order chi connectivity index (χ0) is 16.6. The van der Waals surface area contributed by atoms with Gasteiger partial charge in [0.15, 0.2) is 11.5 Å². The van der Waals surface area contributed by atoms with E-state index in [1.54, 1.807) is 18.4 Å². The van der Waals surface area contributed by atoms with E-state index in [1.165, 1.54) is 12.5 Å². The van der Waals surface area contributed by atoms with E-state index in [0.717, 1.165) is 6.42 Å². The molecule has 3 rings (SSSR count). The molecule has 0 aliphatic carbocycles. The third-order valence-corrected chi connectivity index (χ3v) is 3.87. The zero-order valence-corrected chi connectivity index (χ0v) is 13.0. The Morgan fingerprint density at radius 2 is 2.30 bits per heavy atom. The summed E-state index contributed by atoms with van der Waals surface area (Å²) in [5.74, 6) is -0.799. The van der Waals surface area contributed by atoms with Crippen LogP contribution in [0.2, 0.25) is 0 Å². The van der Waals surface area contributed by atoms with Crippen LogP contribution in [0.1, 0.15) is 32.9 Å². The zero-order valence-electron chi connectivity index (χ0n) is 13.0. The maximum Gasteiger partial charge on any atom is 0.308 e. The number of hydrogen-bond acceptors (Lipinski definition) is 6. The van der Waals surface area contributed by atoms with E-state index in [-0.39, 0.29) is 42.0 Å². The van der Waals surface area contributed by atoms with Crippen molar-refractivity contribution in [2.45, 2.75) is 39.0 Å². The molecule has 1 fully saturated rings. The molecule has 23 heavy (non-hydrogen) atoms. The van der Waals surface area contributed by atoms with Crippen LogP contribution >= 0.6 is 0 Å². The van der Waals surface area contributed by atoms with Crippen molar-refractivity contribution in [3.8, 4) is 0 Å². The highest BCUT2D eigenvalue weighted by Gasteiger charge is 2.30. The molecule has 0 bridgehead atoms. The Morgan fingerprint density at radius 1 is 1.52 bits per heavy atom. The lowest BCUT2D eigenvalue weighted by Crippen LogP contribution is -2.21. The molecule has 0 radical (unpaired) electrons. The van der Waals surface area contributed by atoms with E-state index >= 15 is 0 Å². The van der Waals surface area contributed by atoms with E-state index in [4.69, 9.17) is 15.2 Å². The number of hydrogen-bond donors (Lipinski definition) is 1. The van der Waals surface area contributed by atoms with Gasteiger partial charge in [-0.3, -0.25) is 4.79 Å². The maximum atomic E-state index is 14.1. The lowest BCUT2D eigenvalue weighted by Gasteiger charge is -2.16. The fraction of sp³-hybridized carbons (Fsp3) is 0.533.